The van der Waals surface area contributed by atoms with Gasteiger partial charge in [0.05, 0.1) is 32.1 Å². The molecule has 3 aromatic heterocycles. The number of carbonyl (C=O) groups excluding carboxylic acids is 1. The summed E-state index contributed by atoms with van der Waals surface area (Å²) in [7, 11) is 3.02. The van der Waals surface area contributed by atoms with Crippen molar-refractivity contribution in [1.82, 2.24) is 19.4 Å². The maximum Gasteiger partial charge on any atom is 0.276 e. The minimum Gasteiger partial charge on any atom is -0.480 e. The Morgan fingerprint density at radius 2 is 2.03 bits per heavy atom. The summed E-state index contributed by atoms with van der Waals surface area (Å²) in [6, 6.07) is 3.43. The molecule has 2 fully saturated rings. The molecule has 2 atom stereocenters. The fraction of sp³-hybridized carbons (Fsp3) is 0.429. The highest BCUT2D eigenvalue weighted by Crippen LogP contribution is 2.53. The number of pyridine rings is 1. The first-order valence-electron chi connectivity index (χ1n) is 9.84. The van der Waals surface area contributed by atoms with Crippen LogP contribution in [-0.2, 0) is 10.2 Å². The lowest BCUT2D eigenvalue weighted by Gasteiger charge is -2.24. The van der Waals surface area contributed by atoms with E-state index in [-0.39, 0.29) is 16.7 Å². The molecule has 1 N–H and O–H groups in total. The van der Waals surface area contributed by atoms with Crippen molar-refractivity contribution in [3.05, 3.63) is 42.1 Å². The van der Waals surface area contributed by atoms with Crippen LogP contribution in [0, 0.1) is 0 Å². The van der Waals surface area contributed by atoms with E-state index < -0.39 is 5.91 Å². The van der Waals surface area contributed by atoms with Crippen molar-refractivity contribution in [2.24, 2.45) is 0 Å². The van der Waals surface area contributed by atoms with Crippen molar-refractivity contribution >= 4 is 17.2 Å². The quantitative estimate of drug-likeness (QED) is 0.691. The molecule has 9 nitrogen and oxygen atoms in total. The van der Waals surface area contributed by atoms with E-state index >= 15 is 0 Å². The molecule has 1 aliphatic heterocycles. The molecule has 2 aliphatic rings. The van der Waals surface area contributed by atoms with E-state index in [0.717, 1.165) is 25.0 Å². The molecule has 0 aromatic carbocycles. The number of imidazole rings is 1. The van der Waals surface area contributed by atoms with E-state index in [9.17, 15) is 4.79 Å². The van der Waals surface area contributed by atoms with Gasteiger partial charge in [0.2, 0.25) is 11.5 Å². The molecule has 9 heteroatoms. The number of anilines is 1. The van der Waals surface area contributed by atoms with Crippen LogP contribution in [0.5, 0.6) is 11.8 Å². The normalized spacial score (nSPS) is 24.9. The van der Waals surface area contributed by atoms with Gasteiger partial charge in [-0.25, -0.2) is 15.0 Å². The van der Waals surface area contributed by atoms with Crippen molar-refractivity contribution in [2.75, 3.05) is 26.1 Å². The van der Waals surface area contributed by atoms with E-state index in [0.29, 0.717) is 29.7 Å². The summed E-state index contributed by atoms with van der Waals surface area (Å²) in [6.07, 6.45) is 8.23. The van der Waals surface area contributed by atoms with Gasteiger partial charge in [-0.1, -0.05) is 0 Å². The third kappa shape index (κ3) is 2.88. The van der Waals surface area contributed by atoms with Crippen molar-refractivity contribution in [3.63, 3.8) is 0 Å². The fourth-order valence-electron chi connectivity index (χ4n) is 4.55. The van der Waals surface area contributed by atoms with Crippen molar-refractivity contribution in [1.29, 1.82) is 0 Å². The highest BCUT2D eigenvalue weighted by molar-refractivity contribution is 6.03. The molecule has 1 aliphatic carbocycles. The summed E-state index contributed by atoms with van der Waals surface area (Å²) in [5.41, 5.74) is 2.05. The fourth-order valence-corrected chi connectivity index (χ4v) is 4.55. The van der Waals surface area contributed by atoms with Gasteiger partial charge in [-0.15, -0.1) is 0 Å². The number of aromatic nitrogens is 4. The van der Waals surface area contributed by atoms with Crippen LogP contribution in [0.15, 0.2) is 30.7 Å². The lowest BCUT2D eigenvalue weighted by molar-refractivity contribution is -0.00627. The Labute approximate surface area is 173 Å². The average Bonchev–Trinajstić information content (AvgIpc) is 3.44. The van der Waals surface area contributed by atoms with Gasteiger partial charge >= 0.3 is 0 Å². The van der Waals surface area contributed by atoms with Crippen LogP contribution in [0.1, 0.15) is 42.4 Å². The minimum absolute atomic E-state index is 0.0635. The van der Waals surface area contributed by atoms with Gasteiger partial charge in [0.25, 0.3) is 11.8 Å². The van der Waals surface area contributed by atoms with Crippen LogP contribution in [0.25, 0.3) is 5.65 Å². The summed E-state index contributed by atoms with van der Waals surface area (Å²) in [5.74, 6) is 0.226. The molecule has 1 saturated carbocycles. The first-order chi connectivity index (χ1) is 14.5. The standard InChI is InChI=1S/C21H23N5O4/c1-20-6-7-21(11-20,12-30-20)15-10-26-9-14(24-19(29-3)16(26)25-15)17(27)23-13-5-4-8-22-18(13)28-2/h4-5,8-10H,6-7,11-12H2,1-3H3,(H,23,27)/t20-,21-/m0/s1. The second-order valence-corrected chi connectivity index (χ2v) is 8.20. The molecule has 1 amide bonds. The molecular weight excluding hydrogens is 386 g/mol. The largest absolute Gasteiger partial charge is 0.480 e. The Balaban J connectivity index is 1.51. The second-order valence-electron chi connectivity index (χ2n) is 8.20. The van der Waals surface area contributed by atoms with Gasteiger partial charge in [0.15, 0.2) is 0 Å². The predicted molar refractivity (Wildman–Crippen MR) is 108 cm³/mol. The number of amides is 1. The van der Waals surface area contributed by atoms with Crippen molar-refractivity contribution in [3.8, 4) is 11.8 Å². The van der Waals surface area contributed by atoms with Crippen LogP contribution in [0.4, 0.5) is 5.69 Å². The first kappa shape index (κ1) is 18.8. The topological polar surface area (TPSA) is 99.9 Å². The summed E-state index contributed by atoms with van der Waals surface area (Å²) >= 11 is 0. The number of ether oxygens (including phenoxy) is 3. The predicted octanol–water partition coefficient (Wildman–Crippen LogP) is 2.60. The van der Waals surface area contributed by atoms with Gasteiger partial charge in [0.1, 0.15) is 11.4 Å². The molecular formula is C21H23N5O4. The van der Waals surface area contributed by atoms with Gasteiger partial charge in [-0.2, -0.15) is 0 Å². The molecule has 1 saturated heterocycles. The lowest BCUT2D eigenvalue weighted by Crippen LogP contribution is -2.26. The number of hydrogen-bond acceptors (Lipinski definition) is 7. The molecule has 0 radical (unpaired) electrons. The number of hydrogen-bond donors (Lipinski definition) is 1. The van der Waals surface area contributed by atoms with Crippen LogP contribution in [-0.4, -0.2) is 51.7 Å². The highest BCUT2D eigenvalue weighted by atomic mass is 16.5. The van der Waals surface area contributed by atoms with Crippen LogP contribution in [0.3, 0.4) is 0 Å². The SMILES string of the molecule is COc1ncccc1NC(=O)c1cn2cc([C@@]34CC[C@@](C)(C3)OC4)nc2c(OC)n1. The highest BCUT2D eigenvalue weighted by Gasteiger charge is 2.55. The Morgan fingerprint density at radius 3 is 2.70 bits per heavy atom. The van der Waals surface area contributed by atoms with Crippen molar-refractivity contribution in [2.45, 2.75) is 37.2 Å². The van der Waals surface area contributed by atoms with E-state index in [1.807, 2.05) is 6.20 Å². The molecule has 2 bridgehead atoms. The smallest absolute Gasteiger partial charge is 0.276 e. The number of nitrogens with zero attached hydrogens (tertiary/aromatic N) is 4. The Morgan fingerprint density at radius 1 is 1.20 bits per heavy atom. The summed E-state index contributed by atoms with van der Waals surface area (Å²) in [5, 5.41) is 2.79. The summed E-state index contributed by atoms with van der Waals surface area (Å²) in [6.45, 7) is 2.83. The molecule has 3 aromatic rings. The molecule has 0 spiro atoms. The zero-order chi connectivity index (χ0) is 20.9. The molecule has 5 rings (SSSR count). The third-order valence-corrected chi connectivity index (χ3v) is 6.13. The van der Waals surface area contributed by atoms with E-state index in [4.69, 9.17) is 19.2 Å². The van der Waals surface area contributed by atoms with Gasteiger partial charge in [0, 0.05) is 24.0 Å². The van der Waals surface area contributed by atoms with Gasteiger partial charge in [-0.05, 0) is 38.3 Å². The van der Waals surface area contributed by atoms with E-state index in [2.05, 4.69) is 22.2 Å². The molecule has 30 heavy (non-hydrogen) atoms. The third-order valence-electron chi connectivity index (χ3n) is 6.13. The number of fused-ring (bicyclic) bond motifs is 3. The monoisotopic (exact) mass is 409 g/mol. The number of nitrogens with one attached hydrogen (secondary N) is 1. The Bertz CT molecular complexity index is 1130. The Kier molecular flexibility index (Phi) is 4.18. The van der Waals surface area contributed by atoms with E-state index in [1.54, 1.807) is 28.9 Å². The van der Waals surface area contributed by atoms with Gasteiger partial charge in [-0.3, -0.25) is 9.20 Å². The van der Waals surface area contributed by atoms with Crippen LogP contribution >= 0.6 is 0 Å². The lowest BCUT2D eigenvalue weighted by atomic mass is 9.84. The summed E-state index contributed by atoms with van der Waals surface area (Å²) in [4.78, 5) is 26.1. The molecule has 156 valence electrons. The van der Waals surface area contributed by atoms with Crippen LogP contribution in [0.2, 0.25) is 0 Å². The maximum absolute atomic E-state index is 12.9. The second kappa shape index (κ2) is 6.66. The Hall–Kier alpha value is -3.20. The average molecular weight is 409 g/mol. The zero-order valence-corrected chi connectivity index (χ0v) is 17.1. The zero-order valence-electron chi connectivity index (χ0n) is 17.1. The van der Waals surface area contributed by atoms with Gasteiger partial charge < -0.3 is 19.5 Å². The van der Waals surface area contributed by atoms with Crippen LogP contribution < -0.4 is 14.8 Å². The van der Waals surface area contributed by atoms with Crippen molar-refractivity contribution < 1.29 is 19.0 Å². The molecule has 4 heterocycles. The maximum atomic E-state index is 12.9. The van der Waals surface area contributed by atoms with E-state index in [1.165, 1.54) is 14.2 Å². The minimum atomic E-state index is -0.396. The first-order valence-corrected chi connectivity index (χ1v) is 9.84. The molecule has 0 unspecified atom stereocenters. The number of rotatable bonds is 5. The summed E-state index contributed by atoms with van der Waals surface area (Å²) < 4.78 is 18.5. The number of methoxy groups -OCH3 is 2. The number of carbonyl (C=O) groups is 1.